The molecule has 0 aliphatic carbocycles. The number of hydrogen-bond donors (Lipinski definition) is 1. The average Bonchev–Trinajstić information content (AvgIpc) is 3.03. The number of nitrogens with one attached hydrogen (secondary N) is 1. The molecule has 1 aliphatic rings. The minimum atomic E-state index is -3.09. The van der Waals surface area contributed by atoms with Gasteiger partial charge in [0.05, 0.1) is 12.3 Å². The Bertz CT molecular complexity index is 538. The lowest BCUT2D eigenvalue weighted by Crippen LogP contribution is -2.41. The van der Waals surface area contributed by atoms with Gasteiger partial charge in [0, 0.05) is 25.6 Å². The summed E-state index contributed by atoms with van der Waals surface area (Å²) in [6, 6.07) is 4.14. The summed E-state index contributed by atoms with van der Waals surface area (Å²) in [6.07, 6.45) is 4.03. The molecule has 2 rings (SSSR count). The standard InChI is InChI=1S/C14H24N2O3S/c1-4-13-7-8-14(19-13)11(2)15-10-12-6-5-9-16(12)20(3,17)18/h7-8,11-12,15H,4-6,9-10H2,1-3H3/t11-,12-/m1/s1. The second-order valence-corrected chi connectivity index (χ2v) is 7.39. The lowest BCUT2D eigenvalue weighted by Gasteiger charge is -2.23. The van der Waals surface area contributed by atoms with E-state index in [0.717, 1.165) is 30.8 Å². The summed E-state index contributed by atoms with van der Waals surface area (Å²) in [7, 11) is -3.09. The molecule has 6 heteroatoms. The van der Waals surface area contributed by atoms with Crippen molar-refractivity contribution in [3.8, 4) is 0 Å². The highest BCUT2D eigenvalue weighted by molar-refractivity contribution is 7.88. The molecule has 20 heavy (non-hydrogen) atoms. The van der Waals surface area contributed by atoms with Crippen LogP contribution in [0.1, 0.15) is 44.3 Å². The quantitative estimate of drug-likeness (QED) is 0.872. The minimum absolute atomic E-state index is 0.0630. The van der Waals surface area contributed by atoms with Gasteiger partial charge in [0.1, 0.15) is 11.5 Å². The Kier molecular flexibility index (Phi) is 4.88. The van der Waals surface area contributed by atoms with Gasteiger partial charge in [0.2, 0.25) is 10.0 Å². The molecule has 1 saturated heterocycles. The van der Waals surface area contributed by atoms with Crippen molar-refractivity contribution in [1.29, 1.82) is 0 Å². The van der Waals surface area contributed by atoms with Crippen LogP contribution >= 0.6 is 0 Å². The van der Waals surface area contributed by atoms with Crippen LogP contribution in [0.4, 0.5) is 0 Å². The van der Waals surface area contributed by atoms with Gasteiger partial charge in [-0.3, -0.25) is 0 Å². The van der Waals surface area contributed by atoms with E-state index in [0.29, 0.717) is 13.1 Å². The molecule has 0 unspecified atom stereocenters. The first-order chi connectivity index (χ1) is 9.41. The number of aryl methyl sites for hydroxylation is 1. The fourth-order valence-electron chi connectivity index (χ4n) is 2.68. The molecule has 1 fully saturated rings. The van der Waals surface area contributed by atoms with E-state index in [1.54, 1.807) is 4.31 Å². The van der Waals surface area contributed by atoms with Crippen molar-refractivity contribution in [1.82, 2.24) is 9.62 Å². The van der Waals surface area contributed by atoms with Gasteiger partial charge in [-0.05, 0) is 31.9 Å². The summed E-state index contributed by atoms with van der Waals surface area (Å²) in [5.41, 5.74) is 0. The molecule has 5 nitrogen and oxygen atoms in total. The smallest absolute Gasteiger partial charge is 0.211 e. The predicted molar refractivity (Wildman–Crippen MR) is 79.1 cm³/mol. The van der Waals surface area contributed by atoms with Crippen molar-refractivity contribution in [2.45, 2.75) is 45.2 Å². The topological polar surface area (TPSA) is 62.6 Å². The van der Waals surface area contributed by atoms with Crippen LogP contribution in [0.25, 0.3) is 0 Å². The van der Waals surface area contributed by atoms with E-state index in [1.807, 2.05) is 19.1 Å². The zero-order chi connectivity index (χ0) is 14.8. The zero-order valence-electron chi connectivity index (χ0n) is 12.4. The van der Waals surface area contributed by atoms with Gasteiger partial charge in [-0.15, -0.1) is 0 Å². The van der Waals surface area contributed by atoms with E-state index in [9.17, 15) is 8.42 Å². The highest BCUT2D eigenvalue weighted by atomic mass is 32.2. The van der Waals surface area contributed by atoms with E-state index < -0.39 is 10.0 Å². The highest BCUT2D eigenvalue weighted by Crippen LogP contribution is 2.21. The molecule has 2 atom stereocenters. The first-order valence-corrected chi connectivity index (χ1v) is 9.05. The van der Waals surface area contributed by atoms with Crippen LogP contribution in [0.5, 0.6) is 0 Å². The van der Waals surface area contributed by atoms with Gasteiger partial charge >= 0.3 is 0 Å². The Labute approximate surface area is 121 Å². The molecule has 0 aromatic carbocycles. The second-order valence-electron chi connectivity index (χ2n) is 5.46. The van der Waals surface area contributed by atoms with Crippen LogP contribution in [-0.4, -0.2) is 38.1 Å². The van der Waals surface area contributed by atoms with Crippen molar-refractivity contribution in [2.24, 2.45) is 0 Å². The van der Waals surface area contributed by atoms with E-state index >= 15 is 0 Å². The number of hydrogen-bond acceptors (Lipinski definition) is 4. The summed E-state index contributed by atoms with van der Waals surface area (Å²) in [6.45, 7) is 5.40. The second kappa shape index (κ2) is 6.28. The van der Waals surface area contributed by atoms with Crippen molar-refractivity contribution in [3.63, 3.8) is 0 Å². The third-order valence-corrected chi connectivity index (χ3v) is 5.20. The first kappa shape index (κ1) is 15.5. The largest absolute Gasteiger partial charge is 0.464 e. The molecule has 1 aromatic heterocycles. The van der Waals surface area contributed by atoms with Gasteiger partial charge in [0.15, 0.2) is 0 Å². The van der Waals surface area contributed by atoms with Crippen LogP contribution in [0.15, 0.2) is 16.5 Å². The molecular weight excluding hydrogens is 276 g/mol. The molecule has 0 bridgehead atoms. The minimum Gasteiger partial charge on any atom is -0.464 e. The Morgan fingerprint density at radius 2 is 2.25 bits per heavy atom. The molecule has 2 heterocycles. The van der Waals surface area contributed by atoms with Crippen LogP contribution in [0.3, 0.4) is 0 Å². The van der Waals surface area contributed by atoms with Gasteiger partial charge in [-0.2, -0.15) is 4.31 Å². The number of sulfonamides is 1. The van der Waals surface area contributed by atoms with Crippen LogP contribution in [0, 0.1) is 0 Å². The Hall–Kier alpha value is -0.850. The van der Waals surface area contributed by atoms with Gasteiger partial charge in [-0.1, -0.05) is 6.92 Å². The summed E-state index contributed by atoms with van der Waals surface area (Å²) >= 11 is 0. The van der Waals surface area contributed by atoms with E-state index in [1.165, 1.54) is 6.26 Å². The summed E-state index contributed by atoms with van der Waals surface area (Å²) < 4.78 is 30.7. The normalized spacial score (nSPS) is 22.2. The fourth-order valence-corrected chi connectivity index (χ4v) is 3.86. The zero-order valence-corrected chi connectivity index (χ0v) is 13.2. The van der Waals surface area contributed by atoms with Crippen molar-refractivity contribution in [3.05, 3.63) is 23.7 Å². The lowest BCUT2D eigenvalue weighted by molar-refractivity contribution is 0.345. The molecule has 0 amide bonds. The molecule has 0 saturated carbocycles. The summed E-state index contributed by atoms with van der Waals surface area (Å²) in [5, 5.41) is 3.38. The molecular formula is C14H24N2O3S. The predicted octanol–water partition coefficient (Wildman–Crippen LogP) is 1.92. The van der Waals surface area contributed by atoms with Crippen LogP contribution < -0.4 is 5.32 Å². The number of rotatable bonds is 6. The Morgan fingerprint density at radius 1 is 1.50 bits per heavy atom. The monoisotopic (exact) mass is 300 g/mol. The van der Waals surface area contributed by atoms with Crippen molar-refractivity contribution >= 4 is 10.0 Å². The fraction of sp³-hybridized carbons (Fsp3) is 0.714. The Balaban J connectivity index is 1.91. The lowest BCUT2D eigenvalue weighted by atomic mass is 10.2. The maximum Gasteiger partial charge on any atom is 0.211 e. The Morgan fingerprint density at radius 3 is 2.85 bits per heavy atom. The number of nitrogens with zero attached hydrogens (tertiary/aromatic N) is 1. The average molecular weight is 300 g/mol. The van der Waals surface area contributed by atoms with Crippen molar-refractivity contribution in [2.75, 3.05) is 19.3 Å². The third kappa shape index (κ3) is 3.62. The van der Waals surface area contributed by atoms with Crippen molar-refractivity contribution < 1.29 is 12.8 Å². The molecule has 1 aromatic rings. The summed E-state index contributed by atoms with van der Waals surface area (Å²) in [5.74, 6) is 1.89. The van der Waals surface area contributed by atoms with Gasteiger partial charge in [0.25, 0.3) is 0 Å². The molecule has 114 valence electrons. The van der Waals surface area contributed by atoms with E-state index in [2.05, 4.69) is 12.2 Å². The number of furan rings is 1. The maximum absolute atomic E-state index is 11.7. The molecule has 1 N–H and O–H groups in total. The molecule has 0 radical (unpaired) electrons. The molecule has 1 aliphatic heterocycles. The SMILES string of the molecule is CCc1ccc([C@@H](C)NC[C@H]2CCCN2S(C)(=O)=O)o1. The van der Waals surface area contributed by atoms with E-state index in [-0.39, 0.29) is 12.1 Å². The maximum atomic E-state index is 11.7. The van der Waals surface area contributed by atoms with Gasteiger partial charge in [-0.25, -0.2) is 8.42 Å². The highest BCUT2D eigenvalue weighted by Gasteiger charge is 2.31. The van der Waals surface area contributed by atoms with E-state index in [4.69, 9.17) is 4.42 Å². The summed E-state index contributed by atoms with van der Waals surface area (Å²) in [4.78, 5) is 0. The van der Waals surface area contributed by atoms with Gasteiger partial charge < -0.3 is 9.73 Å². The van der Waals surface area contributed by atoms with Crippen LogP contribution in [-0.2, 0) is 16.4 Å². The van der Waals surface area contributed by atoms with Crippen LogP contribution in [0.2, 0.25) is 0 Å². The third-order valence-electron chi connectivity index (χ3n) is 3.87. The first-order valence-electron chi connectivity index (χ1n) is 7.20. The molecule has 0 spiro atoms.